The molecule has 0 atom stereocenters. The standard InChI is InChI=1S/C15H15F3N4O2/c1-20-2-4-21(5-3-20)11-8-12-13(19-9-11)6-10(15(16,17)18)7-14(12)22(23)24/h6-9H,2-5H2,1H3. The highest BCUT2D eigenvalue weighted by Gasteiger charge is 2.33. The Labute approximate surface area is 135 Å². The van der Waals surface area contributed by atoms with E-state index in [1.54, 1.807) is 6.07 Å². The average molecular weight is 340 g/mol. The number of halogens is 3. The zero-order valence-electron chi connectivity index (χ0n) is 12.9. The van der Waals surface area contributed by atoms with Gasteiger partial charge in [-0.05, 0) is 19.2 Å². The van der Waals surface area contributed by atoms with E-state index in [1.165, 1.54) is 6.20 Å². The van der Waals surface area contributed by atoms with Gasteiger partial charge in [0.1, 0.15) is 0 Å². The molecule has 0 N–H and O–H groups in total. The van der Waals surface area contributed by atoms with Crippen molar-refractivity contribution < 1.29 is 18.1 Å². The summed E-state index contributed by atoms with van der Waals surface area (Å²) in [6.07, 6.45) is -3.19. The first kappa shape index (κ1) is 16.4. The van der Waals surface area contributed by atoms with Gasteiger partial charge in [0.15, 0.2) is 0 Å². The van der Waals surface area contributed by atoms with E-state index in [1.807, 2.05) is 11.9 Å². The summed E-state index contributed by atoms with van der Waals surface area (Å²) in [7, 11) is 2.00. The van der Waals surface area contributed by atoms with E-state index in [-0.39, 0.29) is 10.9 Å². The number of alkyl halides is 3. The van der Waals surface area contributed by atoms with Crippen molar-refractivity contribution in [2.24, 2.45) is 0 Å². The molecule has 0 aliphatic carbocycles. The lowest BCUT2D eigenvalue weighted by atomic mass is 10.1. The summed E-state index contributed by atoms with van der Waals surface area (Å²) < 4.78 is 38.7. The van der Waals surface area contributed by atoms with Gasteiger partial charge in [-0.25, -0.2) is 0 Å². The topological polar surface area (TPSA) is 62.5 Å². The fraction of sp³-hybridized carbons (Fsp3) is 0.400. The molecule has 1 aromatic heterocycles. The predicted octanol–water partition coefficient (Wildman–Crippen LogP) is 2.91. The van der Waals surface area contributed by atoms with Crippen LogP contribution in [0.5, 0.6) is 0 Å². The summed E-state index contributed by atoms with van der Waals surface area (Å²) in [4.78, 5) is 18.6. The van der Waals surface area contributed by atoms with E-state index in [0.29, 0.717) is 11.8 Å². The fourth-order valence-electron chi connectivity index (χ4n) is 2.75. The Morgan fingerprint density at radius 1 is 1.17 bits per heavy atom. The van der Waals surface area contributed by atoms with Crippen LogP contribution in [0.1, 0.15) is 5.56 Å². The minimum absolute atomic E-state index is 0.0330. The number of rotatable bonds is 2. The van der Waals surface area contributed by atoms with Crippen molar-refractivity contribution in [2.45, 2.75) is 6.18 Å². The quantitative estimate of drug-likeness (QED) is 0.621. The van der Waals surface area contributed by atoms with E-state index in [0.717, 1.165) is 32.2 Å². The maximum atomic E-state index is 12.9. The summed E-state index contributed by atoms with van der Waals surface area (Å²) in [5, 5.41) is 11.3. The maximum Gasteiger partial charge on any atom is 0.416 e. The highest BCUT2D eigenvalue weighted by atomic mass is 19.4. The monoisotopic (exact) mass is 340 g/mol. The zero-order valence-corrected chi connectivity index (χ0v) is 12.9. The number of hydrogen-bond acceptors (Lipinski definition) is 5. The molecule has 128 valence electrons. The molecule has 1 saturated heterocycles. The number of pyridine rings is 1. The van der Waals surface area contributed by atoms with Crippen molar-refractivity contribution >= 4 is 22.3 Å². The van der Waals surface area contributed by atoms with Gasteiger partial charge in [0, 0.05) is 32.2 Å². The molecule has 0 radical (unpaired) electrons. The smallest absolute Gasteiger partial charge is 0.368 e. The first-order valence-corrected chi connectivity index (χ1v) is 7.34. The molecule has 0 bridgehead atoms. The van der Waals surface area contributed by atoms with E-state index in [4.69, 9.17) is 0 Å². The number of non-ortho nitro benzene ring substituents is 1. The number of anilines is 1. The number of nitro benzene ring substituents is 1. The second-order valence-corrected chi connectivity index (χ2v) is 5.80. The van der Waals surface area contributed by atoms with Crippen LogP contribution in [0.4, 0.5) is 24.5 Å². The average Bonchev–Trinajstić information content (AvgIpc) is 2.53. The van der Waals surface area contributed by atoms with Gasteiger partial charge in [-0.3, -0.25) is 15.1 Å². The first-order valence-electron chi connectivity index (χ1n) is 7.34. The van der Waals surface area contributed by atoms with Gasteiger partial charge in [0.2, 0.25) is 0 Å². The highest BCUT2D eigenvalue weighted by molar-refractivity contribution is 5.91. The minimum Gasteiger partial charge on any atom is -0.368 e. The number of fused-ring (bicyclic) bond motifs is 1. The molecule has 24 heavy (non-hydrogen) atoms. The fourth-order valence-corrected chi connectivity index (χ4v) is 2.75. The van der Waals surface area contributed by atoms with Crippen molar-refractivity contribution in [2.75, 3.05) is 38.1 Å². The molecule has 2 aromatic rings. The summed E-state index contributed by atoms with van der Waals surface area (Å²) >= 11 is 0. The lowest BCUT2D eigenvalue weighted by molar-refractivity contribution is -0.383. The highest BCUT2D eigenvalue weighted by Crippen LogP contribution is 2.36. The van der Waals surface area contributed by atoms with Crippen molar-refractivity contribution in [3.8, 4) is 0 Å². The third-order valence-electron chi connectivity index (χ3n) is 4.16. The third kappa shape index (κ3) is 3.12. The molecular formula is C15H15F3N4O2. The van der Waals surface area contributed by atoms with Crippen LogP contribution in [0.15, 0.2) is 24.4 Å². The second-order valence-electron chi connectivity index (χ2n) is 5.80. The van der Waals surface area contributed by atoms with Gasteiger partial charge >= 0.3 is 6.18 Å². The SMILES string of the molecule is CN1CCN(c2cnc3cc(C(F)(F)F)cc([N+](=O)[O-])c3c2)CC1. The molecule has 0 unspecified atom stereocenters. The van der Waals surface area contributed by atoms with Gasteiger partial charge < -0.3 is 9.80 Å². The van der Waals surface area contributed by atoms with Gasteiger partial charge in [-0.1, -0.05) is 0 Å². The van der Waals surface area contributed by atoms with Crippen LogP contribution in [0.2, 0.25) is 0 Å². The molecule has 0 saturated carbocycles. The molecule has 0 amide bonds. The lowest BCUT2D eigenvalue weighted by Gasteiger charge is -2.33. The molecule has 3 rings (SSSR count). The number of likely N-dealkylation sites (N-methyl/N-ethyl adjacent to an activating group) is 1. The Bertz CT molecular complexity index is 786. The number of benzene rings is 1. The molecule has 1 aliphatic rings. The zero-order chi connectivity index (χ0) is 17.5. The van der Waals surface area contributed by atoms with Crippen LogP contribution in [0, 0.1) is 10.1 Å². The van der Waals surface area contributed by atoms with Crippen LogP contribution in [0.25, 0.3) is 10.9 Å². The molecule has 2 heterocycles. The lowest BCUT2D eigenvalue weighted by Crippen LogP contribution is -2.44. The number of hydrogen-bond donors (Lipinski definition) is 0. The Kier molecular flexibility index (Phi) is 4.04. The number of nitrogens with zero attached hydrogens (tertiary/aromatic N) is 4. The summed E-state index contributed by atoms with van der Waals surface area (Å²) in [6.45, 7) is 3.15. The third-order valence-corrected chi connectivity index (χ3v) is 4.16. The van der Waals surface area contributed by atoms with Crippen LogP contribution in [-0.2, 0) is 6.18 Å². The van der Waals surface area contributed by atoms with Crippen LogP contribution >= 0.6 is 0 Å². The normalized spacial score (nSPS) is 16.6. The maximum absolute atomic E-state index is 12.9. The van der Waals surface area contributed by atoms with E-state index in [2.05, 4.69) is 9.88 Å². The summed E-state index contributed by atoms with van der Waals surface area (Å²) in [5.41, 5.74) is -1.00. The van der Waals surface area contributed by atoms with E-state index >= 15 is 0 Å². The van der Waals surface area contributed by atoms with Gasteiger partial charge in [0.25, 0.3) is 5.69 Å². The minimum atomic E-state index is -4.66. The van der Waals surface area contributed by atoms with Crippen LogP contribution in [0.3, 0.4) is 0 Å². The van der Waals surface area contributed by atoms with E-state index < -0.39 is 22.4 Å². The Hall–Kier alpha value is -2.42. The molecule has 0 spiro atoms. The van der Waals surface area contributed by atoms with Gasteiger partial charge in [-0.2, -0.15) is 13.2 Å². The molecule has 1 aliphatic heterocycles. The van der Waals surface area contributed by atoms with Crippen molar-refractivity contribution in [3.05, 3.63) is 40.1 Å². The largest absolute Gasteiger partial charge is 0.416 e. The molecule has 9 heteroatoms. The van der Waals surface area contributed by atoms with Crippen molar-refractivity contribution in [1.82, 2.24) is 9.88 Å². The summed E-state index contributed by atoms with van der Waals surface area (Å²) in [5.74, 6) is 0. The molecular weight excluding hydrogens is 325 g/mol. The van der Waals surface area contributed by atoms with E-state index in [9.17, 15) is 23.3 Å². The Morgan fingerprint density at radius 3 is 2.42 bits per heavy atom. The predicted molar refractivity (Wildman–Crippen MR) is 83.1 cm³/mol. The van der Waals surface area contributed by atoms with Gasteiger partial charge in [0.05, 0.1) is 33.3 Å². The number of piperazine rings is 1. The second kappa shape index (κ2) is 5.90. The van der Waals surface area contributed by atoms with Crippen molar-refractivity contribution in [1.29, 1.82) is 0 Å². The van der Waals surface area contributed by atoms with Crippen LogP contribution in [-0.4, -0.2) is 48.0 Å². The number of aromatic nitrogens is 1. The molecule has 1 fully saturated rings. The summed E-state index contributed by atoms with van der Waals surface area (Å²) in [6, 6.07) is 2.96. The van der Waals surface area contributed by atoms with Gasteiger partial charge in [-0.15, -0.1) is 0 Å². The Balaban J connectivity index is 2.08. The Morgan fingerprint density at radius 2 is 1.83 bits per heavy atom. The molecule has 6 nitrogen and oxygen atoms in total. The first-order chi connectivity index (χ1) is 11.3. The molecule has 1 aromatic carbocycles. The number of nitro groups is 1. The van der Waals surface area contributed by atoms with Crippen molar-refractivity contribution in [3.63, 3.8) is 0 Å². The van der Waals surface area contributed by atoms with Crippen LogP contribution < -0.4 is 4.90 Å².